The minimum atomic E-state index is -4.85. The number of nitro groups is 1. The lowest BCUT2D eigenvalue weighted by molar-refractivity contribution is -0.383. The number of nitrogens with one attached hydrogen (secondary N) is 3. The smallest absolute Gasteiger partial charge is 0.406 e. The number of amides is 1. The third kappa shape index (κ3) is 5.75. The number of nitrogens with zero attached hydrogens (tertiary/aromatic N) is 4. The van der Waals surface area contributed by atoms with Crippen LogP contribution in [0.25, 0.3) is 0 Å². The van der Waals surface area contributed by atoms with Crippen molar-refractivity contribution in [3.63, 3.8) is 0 Å². The summed E-state index contributed by atoms with van der Waals surface area (Å²) in [6.45, 7) is 0. The molecular formula is C17H12F3N7O4. The van der Waals surface area contributed by atoms with Gasteiger partial charge >= 0.3 is 12.0 Å². The van der Waals surface area contributed by atoms with Gasteiger partial charge in [-0.05, 0) is 36.4 Å². The highest BCUT2D eigenvalue weighted by molar-refractivity contribution is 5.94. The predicted molar refractivity (Wildman–Crippen MR) is 100 cm³/mol. The Morgan fingerprint density at radius 3 is 2.42 bits per heavy atom. The normalized spacial score (nSPS) is 10.8. The number of benzene rings is 1. The highest BCUT2D eigenvalue weighted by Gasteiger charge is 2.31. The van der Waals surface area contributed by atoms with Crippen LogP contribution in [0, 0.1) is 10.1 Å². The van der Waals surface area contributed by atoms with Crippen molar-refractivity contribution in [2.24, 2.45) is 0 Å². The van der Waals surface area contributed by atoms with Gasteiger partial charge < -0.3 is 10.1 Å². The fraction of sp³-hybridized carbons (Fsp3) is 0.0588. The Labute approximate surface area is 171 Å². The number of ether oxygens (including phenoxy) is 1. The van der Waals surface area contributed by atoms with Gasteiger partial charge in [0.05, 0.1) is 10.5 Å². The number of rotatable bonds is 7. The molecule has 160 valence electrons. The van der Waals surface area contributed by atoms with Gasteiger partial charge in [-0.25, -0.2) is 9.97 Å². The Morgan fingerprint density at radius 1 is 1.10 bits per heavy atom. The number of hydrogen-bond donors (Lipinski definition) is 3. The van der Waals surface area contributed by atoms with Crippen LogP contribution in [0.15, 0.2) is 55.1 Å². The SMILES string of the molecule is O=C(NNc1ncnc(Nc2ccc(OC(F)(F)F)cc2)c1[N+](=O)[O-])c1cccnc1. The molecule has 3 rings (SSSR count). The highest BCUT2D eigenvalue weighted by Crippen LogP contribution is 2.31. The first kappa shape index (κ1) is 21.2. The lowest BCUT2D eigenvalue weighted by Crippen LogP contribution is -2.30. The summed E-state index contributed by atoms with van der Waals surface area (Å²) < 4.78 is 40.5. The molecule has 0 atom stereocenters. The minimum Gasteiger partial charge on any atom is -0.406 e. The Morgan fingerprint density at radius 2 is 1.81 bits per heavy atom. The third-order valence-corrected chi connectivity index (χ3v) is 3.57. The van der Waals surface area contributed by atoms with E-state index in [1.165, 1.54) is 36.7 Å². The number of halogens is 3. The van der Waals surface area contributed by atoms with E-state index in [9.17, 15) is 28.1 Å². The van der Waals surface area contributed by atoms with Crippen LogP contribution in [0.1, 0.15) is 10.4 Å². The maximum Gasteiger partial charge on any atom is 0.573 e. The first-order valence-electron chi connectivity index (χ1n) is 8.31. The molecule has 14 heteroatoms. The molecule has 1 aromatic carbocycles. The van der Waals surface area contributed by atoms with Gasteiger partial charge in [0.2, 0.25) is 11.6 Å². The van der Waals surface area contributed by atoms with Crippen LogP contribution in [0.3, 0.4) is 0 Å². The average molecular weight is 435 g/mol. The molecule has 0 fully saturated rings. The van der Waals surface area contributed by atoms with Crippen LogP contribution in [-0.2, 0) is 0 Å². The molecule has 0 aliphatic carbocycles. The molecule has 0 spiro atoms. The van der Waals surface area contributed by atoms with Gasteiger partial charge in [-0.15, -0.1) is 13.2 Å². The van der Waals surface area contributed by atoms with Crippen LogP contribution in [-0.4, -0.2) is 32.1 Å². The first-order chi connectivity index (χ1) is 14.7. The highest BCUT2D eigenvalue weighted by atomic mass is 19.4. The van der Waals surface area contributed by atoms with E-state index >= 15 is 0 Å². The van der Waals surface area contributed by atoms with Crippen molar-refractivity contribution in [2.45, 2.75) is 6.36 Å². The summed E-state index contributed by atoms with van der Waals surface area (Å²) >= 11 is 0. The second-order valence-electron chi connectivity index (χ2n) is 5.69. The molecule has 31 heavy (non-hydrogen) atoms. The van der Waals surface area contributed by atoms with E-state index in [1.807, 2.05) is 0 Å². The minimum absolute atomic E-state index is 0.196. The van der Waals surface area contributed by atoms with Crippen molar-refractivity contribution >= 4 is 28.9 Å². The number of anilines is 3. The number of aromatic nitrogens is 3. The van der Waals surface area contributed by atoms with Crippen molar-refractivity contribution in [2.75, 3.05) is 10.7 Å². The first-order valence-corrected chi connectivity index (χ1v) is 8.31. The summed E-state index contributed by atoms with van der Waals surface area (Å²) in [4.78, 5) is 34.1. The summed E-state index contributed by atoms with van der Waals surface area (Å²) in [6, 6.07) is 7.49. The summed E-state index contributed by atoms with van der Waals surface area (Å²) in [5, 5.41) is 14.1. The molecule has 2 heterocycles. The van der Waals surface area contributed by atoms with Crippen LogP contribution >= 0.6 is 0 Å². The van der Waals surface area contributed by atoms with Crippen molar-refractivity contribution < 1.29 is 27.6 Å². The molecule has 0 aliphatic rings. The molecule has 11 nitrogen and oxygen atoms in total. The number of pyridine rings is 1. The van der Waals surface area contributed by atoms with Crippen LogP contribution in [0.5, 0.6) is 5.75 Å². The third-order valence-electron chi connectivity index (χ3n) is 3.57. The molecule has 0 saturated heterocycles. The topological polar surface area (TPSA) is 144 Å². The number of alkyl halides is 3. The fourth-order valence-corrected chi connectivity index (χ4v) is 2.30. The van der Waals surface area contributed by atoms with E-state index in [2.05, 4.69) is 35.9 Å². The van der Waals surface area contributed by atoms with E-state index in [1.54, 1.807) is 0 Å². The fourth-order valence-electron chi connectivity index (χ4n) is 2.30. The van der Waals surface area contributed by atoms with E-state index in [-0.39, 0.29) is 22.9 Å². The lowest BCUT2D eigenvalue weighted by atomic mass is 10.3. The Kier molecular flexibility index (Phi) is 6.09. The van der Waals surface area contributed by atoms with Crippen molar-refractivity contribution in [3.8, 4) is 5.75 Å². The predicted octanol–water partition coefficient (Wildman–Crippen LogP) is 3.18. The van der Waals surface area contributed by atoms with Gasteiger partial charge in [-0.3, -0.25) is 30.7 Å². The number of carbonyl (C=O) groups excluding carboxylic acids is 1. The van der Waals surface area contributed by atoms with Gasteiger partial charge in [0, 0.05) is 18.1 Å². The van der Waals surface area contributed by atoms with E-state index < -0.39 is 28.6 Å². The molecule has 0 radical (unpaired) electrons. The number of carbonyl (C=O) groups is 1. The molecule has 2 aromatic heterocycles. The Hall–Kier alpha value is -4.49. The van der Waals surface area contributed by atoms with Crippen LogP contribution in [0.2, 0.25) is 0 Å². The molecule has 0 saturated carbocycles. The van der Waals surface area contributed by atoms with Gasteiger partial charge in [0.1, 0.15) is 12.1 Å². The van der Waals surface area contributed by atoms with E-state index in [0.29, 0.717) is 0 Å². The lowest BCUT2D eigenvalue weighted by Gasteiger charge is -2.12. The Balaban J connectivity index is 1.77. The second kappa shape index (κ2) is 8.89. The Bertz CT molecular complexity index is 1080. The standard InChI is InChI=1S/C17H12F3N7O4/c18-17(19,20)31-12-5-3-11(4-6-12)24-14-13(27(29)30)15(23-9-22-14)25-26-16(28)10-2-1-7-21-8-10/h1-9H,(H,26,28)(H2,22,23,24,25). The van der Waals surface area contributed by atoms with Gasteiger partial charge in [-0.2, -0.15) is 0 Å². The van der Waals surface area contributed by atoms with Crippen molar-refractivity contribution in [1.82, 2.24) is 20.4 Å². The zero-order valence-electron chi connectivity index (χ0n) is 15.3. The van der Waals surface area contributed by atoms with Crippen molar-refractivity contribution in [3.05, 3.63) is 70.8 Å². The van der Waals surface area contributed by atoms with Gasteiger partial charge in [-0.1, -0.05) is 0 Å². The summed E-state index contributed by atoms with van der Waals surface area (Å²) in [5.41, 5.74) is 4.39. The number of hydrazine groups is 1. The monoisotopic (exact) mass is 435 g/mol. The molecule has 0 bridgehead atoms. The van der Waals surface area contributed by atoms with Crippen LogP contribution in [0.4, 0.5) is 36.2 Å². The summed E-state index contributed by atoms with van der Waals surface area (Å²) in [5.74, 6) is -1.66. The molecule has 3 N–H and O–H groups in total. The molecule has 0 unspecified atom stereocenters. The number of hydrogen-bond acceptors (Lipinski definition) is 9. The summed E-state index contributed by atoms with van der Waals surface area (Å²) in [6.07, 6.45) is -1.08. The maximum absolute atomic E-state index is 12.2. The zero-order valence-corrected chi connectivity index (χ0v) is 15.3. The van der Waals surface area contributed by atoms with Gasteiger partial charge in [0.25, 0.3) is 5.91 Å². The summed E-state index contributed by atoms with van der Waals surface area (Å²) in [7, 11) is 0. The molecule has 0 aliphatic heterocycles. The van der Waals surface area contributed by atoms with Crippen LogP contribution < -0.4 is 20.9 Å². The zero-order chi connectivity index (χ0) is 22.4. The van der Waals surface area contributed by atoms with E-state index in [4.69, 9.17) is 0 Å². The molecule has 1 amide bonds. The molecule has 3 aromatic rings. The second-order valence-corrected chi connectivity index (χ2v) is 5.69. The van der Waals surface area contributed by atoms with Crippen molar-refractivity contribution in [1.29, 1.82) is 0 Å². The molecular weight excluding hydrogens is 423 g/mol. The maximum atomic E-state index is 12.2. The quantitative estimate of drug-likeness (QED) is 0.376. The average Bonchev–Trinajstić information content (AvgIpc) is 2.73. The largest absolute Gasteiger partial charge is 0.573 e. The van der Waals surface area contributed by atoms with Gasteiger partial charge in [0.15, 0.2) is 0 Å². The van der Waals surface area contributed by atoms with E-state index in [0.717, 1.165) is 18.5 Å².